The minimum absolute atomic E-state index is 0.448. The number of likely N-dealkylation sites (N-methyl/N-ethyl adjacent to an activating group) is 1. The maximum atomic E-state index is 5.84. The SMILES string of the molecule is CCc1ccc(CN2CCN(C)CC2CN)o1. The molecule has 1 fully saturated rings. The summed E-state index contributed by atoms with van der Waals surface area (Å²) in [6.45, 7) is 6.94. The highest BCUT2D eigenvalue weighted by Gasteiger charge is 2.24. The van der Waals surface area contributed by atoms with Crippen molar-refractivity contribution in [2.75, 3.05) is 33.2 Å². The summed E-state index contributed by atoms with van der Waals surface area (Å²) in [7, 11) is 2.15. The van der Waals surface area contributed by atoms with Crippen LogP contribution in [0.4, 0.5) is 0 Å². The molecule has 0 amide bonds. The Hall–Kier alpha value is -0.840. The van der Waals surface area contributed by atoms with Crippen molar-refractivity contribution in [3.63, 3.8) is 0 Å². The monoisotopic (exact) mass is 237 g/mol. The van der Waals surface area contributed by atoms with Crippen LogP contribution in [-0.4, -0.2) is 49.1 Å². The molecular weight excluding hydrogens is 214 g/mol. The normalized spacial score (nSPS) is 23.1. The third-order valence-electron chi connectivity index (χ3n) is 3.50. The van der Waals surface area contributed by atoms with Crippen molar-refractivity contribution in [2.24, 2.45) is 5.73 Å². The zero-order chi connectivity index (χ0) is 12.3. The molecule has 2 heterocycles. The lowest BCUT2D eigenvalue weighted by Gasteiger charge is -2.39. The molecular formula is C13H23N3O. The van der Waals surface area contributed by atoms with E-state index in [1.807, 2.05) is 0 Å². The van der Waals surface area contributed by atoms with Gasteiger partial charge in [-0.05, 0) is 19.2 Å². The summed E-state index contributed by atoms with van der Waals surface area (Å²) in [4.78, 5) is 4.77. The topological polar surface area (TPSA) is 45.6 Å². The van der Waals surface area contributed by atoms with Gasteiger partial charge in [-0.1, -0.05) is 6.92 Å². The van der Waals surface area contributed by atoms with Gasteiger partial charge in [-0.2, -0.15) is 0 Å². The number of furan rings is 1. The number of hydrogen-bond acceptors (Lipinski definition) is 4. The predicted octanol–water partition coefficient (Wildman–Crippen LogP) is 0.917. The van der Waals surface area contributed by atoms with Crippen LogP contribution < -0.4 is 5.73 Å². The zero-order valence-electron chi connectivity index (χ0n) is 10.9. The Morgan fingerprint density at radius 1 is 1.35 bits per heavy atom. The third kappa shape index (κ3) is 3.09. The molecule has 1 aliphatic heterocycles. The van der Waals surface area contributed by atoms with Crippen molar-refractivity contribution in [1.82, 2.24) is 9.80 Å². The van der Waals surface area contributed by atoms with Gasteiger partial charge < -0.3 is 15.1 Å². The van der Waals surface area contributed by atoms with E-state index in [-0.39, 0.29) is 0 Å². The van der Waals surface area contributed by atoms with E-state index < -0.39 is 0 Å². The minimum Gasteiger partial charge on any atom is -0.465 e. The van der Waals surface area contributed by atoms with Gasteiger partial charge in [0.15, 0.2) is 0 Å². The highest BCUT2D eigenvalue weighted by molar-refractivity contribution is 5.07. The van der Waals surface area contributed by atoms with Gasteiger partial charge in [-0.3, -0.25) is 4.90 Å². The first-order chi connectivity index (χ1) is 8.22. The van der Waals surface area contributed by atoms with Crippen LogP contribution in [0.5, 0.6) is 0 Å². The maximum Gasteiger partial charge on any atom is 0.118 e. The van der Waals surface area contributed by atoms with E-state index in [0.29, 0.717) is 12.6 Å². The lowest BCUT2D eigenvalue weighted by molar-refractivity contribution is 0.0816. The minimum atomic E-state index is 0.448. The van der Waals surface area contributed by atoms with Crippen molar-refractivity contribution in [2.45, 2.75) is 25.9 Å². The smallest absolute Gasteiger partial charge is 0.118 e. The Bertz CT molecular complexity index is 350. The second-order valence-electron chi connectivity index (χ2n) is 4.84. The second kappa shape index (κ2) is 5.67. The molecule has 0 aromatic carbocycles. The molecule has 0 radical (unpaired) electrons. The third-order valence-corrected chi connectivity index (χ3v) is 3.50. The summed E-state index contributed by atoms with van der Waals surface area (Å²) in [5, 5.41) is 0. The van der Waals surface area contributed by atoms with Crippen LogP contribution in [0.1, 0.15) is 18.4 Å². The van der Waals surface area contributed by atoms with Crippen LogP contribution in [0.25, 0.3) is 0 Å². The first-order valence-electron chi connectivity index (χ1n) is 6.43. The van der Waals surface area contributed by atoms with Crippen LogP contribution in [0.2, 0.25) is 0 Å². The Morgan fingerprint density at radius 2 is 2.12 bits per heavy atom. The zero-order valence-corrected chi connectivity index (χ0v) is 10.9. The first kappa shape index (κ1) is 12.6. The predicted molar refractivity (Wildman–Crippen MR) is 68.8 cm³/mol. The van der Waals surface area contributed by atoms with Crippen LogP contribution >= 0.6 is 0 Å². The molecule has 1 unspecified atom stereocenters. The van der Waals surface area contributed by atoms with E-state index in [1.54, 1.807) is 0 Å². The van der Waals surface area contributed by atoms with Crippen LogP contribution in [0, 0.1) is 0 Å². The van der Waals surface area contributed by atoms with E-state index >= 15 is 0 Å². The molecule has 17 heavy (non-hydrogen) atoms. The highest BCUT2D eigenvalue weighted by atomic mass is 16.3. The molecule has 1 saturated heterocycles. The highest BCUT2D eigenvalue weighted by Crippen LogP contribution is 2.15. The molecule has 0 bridgehead atoms. The number of rotatable bonds is 4. The number of hydrogen-bond donors (Lipinski definition) is 1. The van der Waals surface area contributed by atoms with Crippen LogP contribution in [0.3, 0.4) is 0 Å². The summed E-state index contributed by atoms with van der Waals surface area (Å²) in [6.07, 6.45) is 0.961. The van der Waals surface area contributed by atoms with Gasteiger partial charge in [0, 0.05) is 38.6 Å². The van der Waals surface area contributed by atoms with Gasteiger partial charge in [0.2, 0.25) is 0 Å². The van der Waals surface area contributed by atoms with Gasteiger partial charge in [0.1, 0.15) is 11.5 Å². The summed E-state index contributed by atoms with van der Waals surface area (Å²) in [5.41, 5.74) is 5.84. The quantitative estimate of drug-likeness (QED) is 0.846. The second-order valence-corrected chi connectivity index (χ2v) is 4.84. The van der Waals surface area contributed by atoms with Gasteiger partial charge >= 0.3 is 0 Å². The molecule has 96 valence electrons. The fourth-order valence-electron chi connectivity index (χ4n) is 2.38. The van der Waals surface area contributed by atoms with E-state index in [2.05, 4.69) is 35.9 Å². The largest absolute Gasteiger partial charge is 0.465 e. The Kier molecular flexibility index (Phi) is 4.20. The van der Waals surface area contributed by atoms with E-state index in [0.717, 1.165) is 44.1 Å². The molecule has 1 atom stereocenters. The lowest BCUT2D eigenvalue weighted by atomic mass is 10.1. The Labute approximate surface area is 103 Å². The summed E-state index contributed by atoms with van der Waals surface area (Å²) >= 11 is 0. The van der Waals surface area contributed by atoms with Crippen LogP contribution in [-0.2, 0) is 13.0 Å². The molecule has 1 aliphatic rings. The molecule has 2 N–H and O–H groups in total. The van der Waals surface area contributed by atoms with Gasteiger partial charge in [-0.15, -0.1) is 0 Å². The summed E-state index contributed by atoms with van der Waals surface area (Å²) in [6, 6.07) is 4.61. The number of piperazine rings is 1. The summed E-state index contributed by atoms with van der Waals surface area (Å²) in [5.74, 6) is 2.13. The number of nitrogens with zero attached hydrogens (tertiary/aromatic N) is 2. The standard InChI is InChI=1S/C13H23N3O/c1-3-12-4-5-13(17-12)10-16-7-6-15(2)9-11(16)8-14/h4-5,11H,3,6-10,14H2,1-2H3. The average Bonchev–Trinajstić information content (AvgIpc) is 2.79. The molecule has 4 nitrogen and oxygen atoms in total. The lowest BCUT2D eigenvalue weighted by Crippen LogP contribution is -2.54. The maximum absolute atomic E-state index is 5.84. The fourth-order valence-corrected chi connectivity index (χ4v) is 2.38. The molecule has 0 aliphatic carbocycles. The summed E-state index contributed by atoms with van der Waals surface area (Å²) < 4.78 is 5.76. The van der Waals surface area contributed by atoms with Crippen molar-refractivity contribution in [3.8, 4) is 0 Å². The molecule has 1 aromatic heterocycles. The Balaban J connectivity index is 1.97. The van der Waals surface area contributed by atoms with Crippen molar-refractivity contribution in [1.29, 1.82) is 0 Å². The fraction of sp³-hybridized carbons (Fsp3) is 0.692. The molecule has 2 rings (SSSR count). The number of aryl methyl sites for hydroxylation is 1. The van der Waals surface area contributed by atoms with Crippen molar-refractivity contribution < 1.29 is 4.42 Å². The molecule has 1 aromatic rings. The van der Waals surface area contributed by atoms with E-state index in [4.69, 9.17) is 10.2 Å². The van der Waals surface area contributed by atoms with Crippen molar-refractivity contribution in [3.05, 3.63) is 23.7 Å². The molecule has 0 saturated carbocycles. The molecule has 4 heteroatoms. The molecule has 0 spiro atoms. The number of nitrogens with two attached hydrogens (primary N) is 1. The van der Waals surface area contributed by atoms with Crippen LogP contribution in [0.15, 0.2) is 16.5 Å². The van der Waals surface area contributed by atoms with Gasteiger partial charge in [0.25, 0.3) is 0 Å². The van der Waals surface area contributed by atoms with Crippen molar-refractivity contribution >= 4 is 0 Å². The first-order valence-corrected chi connectivity index (χ1v) is 6.43. The van der Waals surface area contributed by atoms with Gasteiger partial charge in [0.05, 0.1) is 6.54 Å². The van der Waals surface area contributed by atoms with E-state index in [1.165, 1.54) is 0 Å². The average molecular weight is 237 g/mol. The van der Waals surface area contributed by atoms with E-state index in [9.17, 15) is 0 Å². The van der Waals surface area contributed by atoms with Gasteiger partial charge in [-0.25, -0.2) is 0 Å². The Morgan fingerprint density at radius 3 is 2.76 bits per heavy atom.